The van der Waals surface area contributed by atoms with Crippen molar-refractivity contribution in [3.63, 3.8) is 0 Å². The average Bonchev–Trinajstić information content (AvgIpc) is 3.03. The Morgan fingerprint density at radius 1 is 1.04 bits per heavy atom. The SMILES string of the molecule is COc1cc(CCC(=O)N2CC[C@@H]3CNC[C@@H]3CC2)cc(OC)c1OC. The van der Waals surface area contributed by atoms with Gasteiger partial charge in [-0.2, -0.15) is 0 Å². The zero-order valence-corrected chi connectivity index (χ0v) is 16.0. The van der Waals surface area contributed by atoms with Crippen LogP contribution in [0.5, 0.6) is 17.2 Å². The maximum atomic E-state index is 12.7. The first-order valence-electron chi connectivity index (χ1n) is 9.43. The fourth-order valence-electron chi connectivity index (χ4n) is 4.16. The first kappa shape index (κ1) is 18.8. The Morgan fingerprint density at radius 2 is 1.62 bits per heavy atom. The molecule has 26 heavy (non-hydrogen) atoms. The smallest absolute Gasteiger partial charge is 0.222 e. The van der Waals surface area contributed by atoms with Gasteiger partial charge in [0.15, 0.2) is 11.5 Å². The van der Waals surface area contributed by atoms with E-state index < -0.39 is 0 Å². The molecule has 0 saturated carbocycles. The van der Waals surface area contributed by atoms with Gasteiger partial charge in [-0.25, -0.2) is 0 Å². The van der Waals surface area contributed by atoms with E-state index in [9.17, 15) is 4.79 Å². The summed E-state index contributed by atoms with van der Waals surface area (Å²) in [6.07, 6.45) is 3.41. The predicted molar refractivity (Wildman–Crippen MR) is 100 cm³/mol. The van der Waals surface area contributed by atoms with Crippen molar-refractivity contribution in [2.45, 2.75) is 25.7 Å². The molecule has 2 atom stereocenters. The van der Waals surface area contributed by atoms with Gasteiger partial charge in [0.05, 0.1) is 21.3 Å². The van der Waals surface area contributed by atoms with Gasteiger partial charge in [-0.1, -0.05) is 0 Å². The lowest BCUT2D eigenvalue weighted by Gasteiger charge is -2.21. The molecule has 0 unspecified atom stereocenters. The van der Waals surface area contributed by atoms with Crippen LogP contribution in [-0.2, 0) is 11.2 Å². The highest BCUT2D eigenvalue weighted by Crippen LogP contribution is 2.38. The van der Waals surface area contributed by atoms with Crippen LogP contribution in [-0.4, -0.2) is 58.3 Å². The summed E-state index contributed by atoms with van der Waals surface area (Å²) in [6, 6.07) is 3.85. The van der Waals surface area contributed by atoms with E-state index in [0.29, 0.717) is 30.1 Å². The summed E-state index contributed by atoms with van der Waals surface area (Å²) in [5, 5.41) is 3.48. The molecule has 2 fully saturated rings. The summed E-state index contributed by atoms with van der Waals surface area (Å²) in [6.45, 7) is 3.99. The number of benzene rings is 1. The second kappa shape index (κ2) is 8.62. The number of likely N-dealkylation sites (tertiary alicyclic amines) is 1. The fourth-order valence-corrected chi connectivity index (χ4v) is 4.16. The van der Waals surface area contributed by atoms with Crippen LogP contribution in [0.15, 0.2) is 12.1 Å². The third-order valence-corrected chi connectivity index (χ3v) is 5.72. The van der Waals surface area contributed by atoms with Crippen LogP contribution in [0.2, 0.25) is 0 Å². The summed E-state index contributed by atoms with van der Waals surface area (Å²) < 4.78 is 16.1. The van der Waals surface area contributed by atoms with Gasteiger partial charge in [-0.15, -0.1) is 0 Å². The monoisotopic (exact) mass is 362 g/mol. The summed E-state index contributed by atoms with van der Waals surface area (Å²) in [5.74, 6) is 3.56. The molecule has 0 bridgehead atoms. The Balaban J connectivity index is 1.60. The van der Waals surface area contributed by atoms with E-state index in [0.717, 1.165) is 56.4 Å². The number of fused-ring (bicyclic) bond motifs is 1. The quantitative estimate of drug-likeness (QED) is 0.840. The first-order chi connectivity index (χ1) is 12.7. The van der Waals surface area contributed by atoms with E-state index in [1.54, 1.807) is 21.3 Å². The van der Waals surface area contributed by atoms with Crippen molar-refractivity contribution in [1.29, 1.82) is 0 Å². The number of nitrogens with one attached hydrogen (secondary N) is 1. The zero-order valence-electron chi connectivity index (χ0n) is 16.0. The van der Waals surface area contributed by atoms with Crippen LogP contribution >= 0.6 is 0 Å². The number of ether oxygens (including phenoxy) is 3. The van der Waals surface area contributed by atoms with E-state index in [4.69, 9.17) is 14.2 Å². The Labute approximate surface area is 155 Å². The van der Waals surface area contributed by atoms with Gasteiger partial charge in [-0.05, 0) is 61.9 Å². The standard InChI is InChI=1S/C20H30N2O4/c1-24-17-10-14(11-18(25-2)20(17)26-3)4-5-19(23)22-8-6-15-12-21-13-16(15)7-9-22/h10-11,15-16,21H,4-9,12-13H2,1-3H3/t15-,16+. The molecule has 0 aliphatic carbocycles. The van der Waals surface area contributed by atoms with Gasteiger partial charge in [0.25, 0.3) is 0 Å². The number of amides is 1. The maximum Gasteiger partial charge on any atom is 0.222 e. The van der Waals surface area contributed by atoms with Crippen LogP contribution in [0.3, 0.4) is 0 Å². The summed E-state index contributed by atoms with van der Waals surface area (Å²) in [4.78, 5) is 14.8. The molecule has 2 saturated heterocycles. The second-order valence-corrected chi connectivity index (χ2v) is 7.17. The van der Waals surface area contributed by atoms with E-state index in [-0.39, 0.29) is 5.91 Å². The lowest BCUT2D eigenvalue weighted by Crippen LogP contribution is -2.32. The Hall–Kier alpha value is -1.95. The Kier molecular flexibility index (Phi) is 6.25. The highest BCUT2D eigenvalue weighted by molar-refractivity contribution is 5.76. The summed E-state index contributed by atoms with van der Waals surface area (Å²) >= 11 is 0. The molecule has 0 radical (unpaired) electrons. The molecule has 2 heterocycles. The third-order valence-electron chi connectivity index (χ3n) is 5.72. The predicted octanol–water partition coefficient (Wildman–Crippen LogP) is 2.10. The first-order valence-corrected chi connectivity index (χ1v) is 9.43. The number of carbonyl (C=O) groups is 1. The number of rotatable bonds is 6. The maximum absolute atomic E-state index is 12.7. The minimum Gasteiger partial charge on any atom is -0.493 e. The molecule has 6 nitrogen and oxygen atoms in total. The minimum atomic E-state index is 0.242. The number of hydrogen-bond donors (Lipinski definition) is 1. The van der Waals surface area contributed by atoms with Gasteiger partial charge in [0.1, 0.15) is 0 Å². The van der Waals surface area contributed by atoms with Crippen molar-refractivity contribution in [3.8, 4) is 17.2 Å². The number of aryl methyl sites for hydroxylation is 1. The Morgan fingerprint density at radius 3 is 2.12 bits per heavy atom. The lowest BCUT2D eigenvalue weighted by atomic mass is 9.92. The van der Waals surface area contributed by atoms with Crippen LogP contribution in [0, 0.1) is 11.8 Å². The molecule has 6 heteroatoms. The number of methoxy groups -OCH3 is 3. The Bertz CT molecular complexity index is 595. The van der Waals surface area contributed by atoms with E-state index >= 15 is 0 Å². The molecular formula is C20H30N2O4. The van der Waals surface area contributed by atoms with Gasteiger partial charge in [0, 0.05) is 19.5 Å². The molecule has 2 aliphatic rings. The molecule has 0 spiro atoms. The summed E-state index contributed by atoms with van der Waals surface area (Å²) in [5.41, 5.74) is 1.02. The van der Waals surface area contributed by atoms with Crippen molar-refractivity contribution in [1.82, 2.24) is 10.2 Å². The van der Waals surface area contributed by atoms with Crippen molar-refractivity contribution >= 4 is 5.91 Å². The van der Waals surface area contributed by atoms with Gasteiger partial charge >= 0.3 is 0 Å². The van der Waals surface area contributed by atoms with Crippen molar-refractivity contribution < 1.29 is 19.0 Å². The number of hydrogen-bond acceptors (Lipinski definition) is 5. The molecule has 144 valence electrons. The molecular weight excluding hydrogens is 332 g/mol. The third kappa shape index (κ3) is 4.06. The number of nitrogens with zero attached hydrogens (tertiary/aromatic N) is 1. The molecule has 2 aliphatic heterocycles. The lowest BCUT2D eigenvalue weighted by molar-refractivity contribution is -0.131. The molecule has 1 aromatic carbocycles. The minimum absolute atomic E-state index is 0.242. The summed E-state index contributed by atoms with van der Waals surface area (Å²) in [7, 11) is 4.80. The van der Waals surface area contributed by atoms with E-state index in [1.165, 1.54) is 0 Å². The normalized spacial score (nSPS) is 22.5. The zero-order chi connectivity index (χ0) is 18.5. The van der Waals surface area contributed by atoms with Crippen molar-refractivity contribution in [3.05, 3.63) is 17.7 Å². The van der Waals surface area contributed by atoms with Crippen LogP contribution in [0.25, 0.3) is 0 Å². The molecule has 1 N–H and O–H groups in total. The number of carbonyl (C=O) groups excluding carboxylic acids is 1. The van der Waals surface area contributed by atoms with E-state index in [2.05, 4.69) is 10.2 Å². The van der Waals surface area contributed by atoms with E-state index in [1.807, 2.05) is 12.1 Å². The van der Waals surface area contributed by atoms with Crippen molar-refractivity contribution in [2.75, 3.05) is 47.5 Å². The second-order valence-electron chi connectivity index (χ2n) is 7.17. The fraction of sp³-hybridized carbons (Fsp3) is 0.650. The van der Waals surface area contributed by atoms with Gasteiger partial charge in [0.2, 0.25) is 11.7 Å². The molecule has 3 rings (SSSR count). The molecule has 0 aromatic heterocycles. The molecule has 1 amide bonds. The largest absolute Gasteiger partial charge is 0.493 e. The molecule has 1 aromatic rings. The highest BCUT2D eigenvalue weighted by atomic mass is 16.5. The van der Waals surface area contributed by atoms with Gasteiger partial charge in [-0.3, -0.25) is 4.79 Å². The highest BCUT2D eigenvalue weighted by Gasteiger charge is 2.31. The van der Waals surface area contributed by atoms with Crippen LogP contribution < -0.4 is 19.5 Å². The van der Waals surface area contributed by atoms with Crippen LogP contribution in [0.1, 0.15) is 24.8 Å². The van der Waals surface area contributed by atoms with Crippen molar-refractivity contribution in [2.24, 2.45) is 11.8 Å². The van der Waals surface area contributed by atoms with Gasteiger partial charge < -0.3 is 24.4 Å². The topological polar surface area (TPSA) is 60.0 Å². The van der Waals surface area contributed by atoms with Crippen LogP contribution in [0.4, 0.5) is 0 Å². The average molecular weight is 362 g/mol.